The van der Waals surface area contributed by atoms with E-state index in [2.05, 4.69) is 39.4 Å². The Morgan fingerprint density at radius 1 is 0.967 bits per heavy atom. The van der Waals surface area contributed by atoms with E-state index in [1.54, 1.807) is 11.3 Å². The number of hydrogen-bond donors (Lipinski definition) is 0. The summed E-state index contributed by atoms with van der Waals surface area (Å²) in [6, 6.07) is 20.5. The van der Waals surface area contributed by atoms with Crippen LogP contribution in [0.2, 0.25) is 0 Å². The Kier molecular flexibility index (Phi) is 7.37. The van der Waals surface area contributed by atoms with E-state index < -0.39 is 0 Å². The fraction of sp³-hybridized carbons (Fsp3) is 0.348. The molecule has 0 radical (unpaired) electrons. The van der Waals surface area contributed by atoms with Crippen LogP contribution in [0.25, 0.3) is 0 Å². The van der Waals surface area contributed by atoms with E-state index in [4.69, 9.17) is 0 Å². The van der Waals surface area contributed by atoms with Gasteiger partial charge in [-0.05, 0) is 30.4 Å². The highest BCUT2D eigenvalue weighted by molar-refractivity contribution is 8.01. The van der Waals surface area contributed by atoms with E-state index in [1.807, 2.05) is 41.3 Å². The fourth-order valence-corrected chi connectivity index (χ4v) is 5.31. The second-order valence-corrected chi connectivity index (χ2v) is 9.55. The maximum Gasteiger partial charge on any atom is 0.233 e. The number of rotatable bonds is 9. The molecule has 1 aromatic heterocycles. The monoisotopic (exact) mass is 438 g/mol. The van der Waals surface area contributed by atoms with Gasteiger partial charge in [0.1, 0.15) is 0 Å². The van der Waals surface area contributed by atoms with Gasteiger partial charge in [-0.15, -0.1) is 10.2 Å². The van der Waals surface area contributed by atoms with Crippen molar-refractivity contribution in [3.63, 3.8) is 0 Å². The molecule has 0 spiro atoms. The predicted molar refractivity (Wildman–Crippen MR) is 124 cm³/mol. The van der Waals surface area contributed by atoms with Gasteiger partial charge in [-0.3, -0.25) is 4.79 Å². The molecule has 1 amide bonds. The van der Waals surface area contributed by atoms with Crippen LogP contribution in [0.3, 0.4) is 0 Å². The second kappa shape index (κ2) is 10.6. The first kappa shape index (κ1) is 20.9. The molecule has 0 N–H and O–H groups in total. The van der Waals surface area contributed by atoms with Crippen molar-refractivity contribution in [2.45, 2.75) is 30.1 Å². The van der Waals surface area contributed by atoms with Crippen molar-refractivity contribution >= 4 is 34.1 Å². The number of carbonyl (C=O) groups is 1. The van der Waals surface area contributed by atoms with Gasteiger partial charge in [0.2, 0.25) is 11.0 Å². The molecule has 5 nitrogen and oxygen atoms in total. The number of benzene rings is 2. The first-order chi connectivity index (χ1) is 14.8. The minimum absolute atomic E-state index is 0.137. The van der Waals surface area contributed by atoms with Crippen LogP contribution >= 0.6 is 23.1 Å². The van der Waals surface area contributed by atoms with Gasteiger partial charge in [0.15, 0.2) is 4.34 Å². The maximum atomic E-state index is 13.1. The molecule has 3 aromatic rings. The molecule has 30 heavy (non-hydrogen) atoms. The van der Waals surface area contributed by atoms with Crippen molar-refractivity contribution in [2.24, 2.45) is 0 Å². The van der Waals surface area contributed by atoms with Gasteiger partial charge in [-0.2, -0.15) is 0 Å². The van der Waals surface area contributed by atoms with Gasteiger partial charge in [0, 0.05) is 26.2 Å². The van der Waals surface area contributed by atoms with Crippen LogP contribution in [0.15, 0.2) is 65.0 Å². The summed E-state index contributed by atoms with van der Waals surface area (Å²) in [7, 11) is 0. The van der Waals surface area contributed by atoms with Crippen LogP contribution in [0.4, 0.5) is 5.13 Å². The molecule has 0 unspecified atom stereocenters. The molecule has 156 valence electrons. The summed E-state index contributed by atoms with van der Waals surface area (Å²) in [5.41, 5.74) is 2.39. The Morgan fingerprint density at radius 3 is 2.33 bits per heavy atom. The van der Waals surface area contributed by atoms with Gasteiger partial charge in [0.25, 0.3) is 0 Å². The third-order valence-electron chi connectivity index (χ3n) is 5.17. The van der Waals surface area contributed by atoms with Crippen LogP contribution in [0, 0.1) is 0 Å². The minimum Gasteiger partial charge on any atom is -0.347 e. The van der Waals surface area contributed by atoms with Crippen LogP contribution in [0.5, 0.6) is 0 Å². The van der Waals surface area contributed by atoms with Crippen LogP contribution < -0.4 is 4.90 Å². The molecule has 1 aliphatic rings. The van der Waals surface area contributed by atoms with Crippen molar-refractivity contribution in [3.8, 4) is 0 Å². The maximum absolute atomic E-state index is 13.1. The number of nitrogens with zero attached hydrogens (tertiary/aromatic N) is 4. The Labute approximate surface area is 186 Å². The number of thioether (sulfide) groups is 1. The van der Waals surface area contributed by atoms with E-state index in [9.17, 15) is 4.79 Å². The molecule has 1 aliphatic heterocycles. The third kappa shape index (κ3) is 5.83. The summed E-state index contributed by atoms with van der Waals surface area (Å²) in [5.74, 6) is 0.522. The zero-order chi connectivity index (χ0) is 20.6. The van der Waals surface area contributed by atoms with Crippen LogP contribution in [0.1, 0.15) is 24.0 Å². The lowest BCUT2D eigenvalue weighted by Gasteiger charge is -2.23. The van der Waals surface area contributed by atoms with E-state index >= 15 is 0 Å². The standard InChI is InChI=1S/C23H26N4OS2/c28-21(18-29-23-25-24-22(30-23)26-14-7-8-15-26)27(17-20-11-5-2-6-12-20)16-13-19-9-3-1-4-10-19/h1-6,9-12H,7-8,13-18H2. The summed E-state index contributed by atoms with van der Waals surface area (Å²) in [6.07, 6.45) is 3.29. The third-order valence-corrected chi connectivity index (χ3v) is 7.28. The van der Waals surface area contributed by atoms with Crippen LogP contribution in [-0.2, 0) is 17.8 Å². The molecular formula is C23H26N4OS2. The molecule has 0 aliphatic carbocycles. The van der Waals surface area contributed by atoms with Gasteiger partial charge < -0.3 is 9.80 Å². The first-order valence-corrected chi connectivity index (χ1v) is 12.1. The number of aromatic nitrogens is 2. The smallest absolute Gasteiger partial charge is 0.233 e. The van der Waals surface area contributed by atoms with Crippen molar-refractivity contribution in [1.82, 2.24) is 15.1 Å². The molecule has 1 saturated heterocycles. The van der Waals surface area contributed by atoms with Gasteiger partial charge in [-0.25, -0.2) is 0 Å². The summed E-state index contributed by atoms with van der Waals surface area (Å²) in [4.78, 5) is 17.3. The zero-order valence-corrected chi connectivity index (χ0v) is 18.6. The fourth-order valence-electron chi connectivity index (χ4n) is 3.52. The highest BCUT2D eigenvalue weighted by atomic mass is 32.2. The van der Waals surface area contributed by atoms with Crippen molar-refractivity contribution in [3.05, 3.63) is 71.8 Å². The lowest BCUT2D eigenvalue weighted by molar-refractivity contribution is -0.128. The quantitative estimate of drug-likeness (QED) is 0.460. The molecule has 2 heterocycles. The van der Waals surface area contributed by atoms with E-state index in [0.29, 0.717) is 18.8 Å². The molecular weight excluding hydrogens is 412 g/mol. The van der Waals surface area contributed by atoms with Crippen LogP contribution in [-0.4, -0.2) is 46.4 Å². The number of hydrogen-bond acceptors (Lipinski definition) is 6. The lowest BCUT2D eigenvalue weighted by atomic mass is 10.1. The highest BCUT2D eigenvalue weighted by Crippen LogP contribution is 2.30. The average molecular weight is 439 g/mol. The topological polar surface area (TPSA) is 49.3 Å². The first-order valence-electron chi connectivity index (χ1n) is 10.3. The summed E-state index contributed by atoms with van der Waals surface area (Å²) < 4.78 is 0.868. The Hall–Kier alpha value is -2.38. The van der Waals surface area contributed by atoms with E-state index in [-0.39, 0.29) is 5.91 Å². The van der Waals surface area contributed by atoms with E-state index in [0.717, 1.165) is 34.5 Å². The number of anilines is 1. The molecule has 0 atom stereocenters. The lowest BCUT2D eigenvalue weighted by Crippen LogP contribution is -2.33. The summed E-state index contributed by atoms with van der Waals surface area (Å²) in [5, 5.41) is 9.58. The SMILES string of the molecule is O=C(CSc1nnc(N2CCCC2)s1)N(CCc1ccccc1)Cc1ccccc1. The molecule has 1 fully saturated rings. The van der Waals surface area contributed by atoms with Gasteiger partial charge >= 0.3 is 0 Å². The Balaban J connectivity index is 1.36. The van der Waals surface area contributed by atoms with Crippen molar-refractivity contribution < 1.29 is 4.79 Å². The Morgan fingerprint density at radius 2 is 1.63 bits per heavy atom. The van der Waals surface area contributed by atoms with E-state index in [1.165, 1.54) is 30.2 Å². The number of carbonyl (C=O) groups excluding carboxylic acids is 1. The van der Waals surface area contributed by atoms with Gasteiger partial charge in [-0.1, -0.05) is 83.8 Å². The summed E-state index contributed by atoms with van der Waals surface area (Å²) in [6.45, 7) is 3.45. The predicted octanol–water partition coefficient (Wildman–Crippen LogP) is 4.50. The molecule has 0 saturated carbocycles. The molecule has 7 heteroatoms. The molecule has 0 bridgehead atoms. The molecule has 2 aromatic carbocycles. The largest absolute Gasteiger partial charge is 0.347 e. The molecule has 4 rings (SSSR count). The average Bonchev–Trinajstić information content (AvgIpc) is 3.48. The van der Waals surface area contributed by atoms with Crippen molar-refractivity contribution in [1.29, 1.82) is 0 Å². The summed E-state index contributed by atoms with van der Waals surface area (Å²) >= 11 is 3.09. The van der Waals surface area contributed by atoms with Crippen molar-refractivity contribution in [2.75, 3.05) is 30.3 Å². The van der Waals surface area contributed by atoms with Gasteiger partial charge in [0.05, 0.1) is 5.75 Å². The second-order valence-electron chi connectivity index (χ2n) is 7.37. The minimum atomic E-state index is 0.137. The zero-order valence-electron chi connectivity index (χ0n) is 16.9. The number of amides is 1. The normalized spacial score (nSPS) is 13.5. The highest BCUT2D eigenvalue weighted by Gasteiger charge is 2.19. The Bertz CT molecular complexity index is 927.